The molecule has 2 aromatic rings. The summed E-state index contributed by atoms with van der Waals surface area (Å²) in [5.41, 5.74) is 4.98. The normalized spacial score (nSPS) is 10.8. The molecule has 21 heavy (non-hydrogen) atoms. The van der Waals surface area contributed by atoms with Gasteiger partial charge in [0.15, 0.2) is 0 Å². The first-order chi connectivity index (χ1) is 10.1. The van der Waals surface area contributed by atoms with Crippen LogP contribution >= 0.6 is 11.6 Å². The largest absolute Gasteiger partial charge is 0.271 e. The summed E-state index contributed by atoms with van der Waals surface area (Å²) in [4.78, 5) is 11.9. The van der Waals surface area contributed by atoms with Crippen LogP contribution in [0.5, 0.6) is 0 Å². The van der Waals surface area contributed by atoms with E-state index < -0.39 is 0 Å². The van der Waals surface area contributed by atoms with E-state index in [1.165, 1.54) is 0 Å². The first kappa shape index (κ1) is 14.8. The molecule has 5 heteroatoms. The minimum Gasteiger partial charge on any atom is -0.267 e. The molecule has 0 saturated heterocycles. The van der Waals surface area contributed by atoms with Gasteiger partial charge in [0.25, 0.3) is 5.91 Å². The second-order valence-corrected chi connectivity index (χ2v) is 4.77. The fourth-order valence-electron chi connectivity index (χ4n) is 1.68. The van der Waals surface area contributed by atoms with Crippen molar-refractivity contribution in [1.82, 2.24) is 5.43 Å². The lowest BCUT2D eigenvalue weighted by Gasteiger charge is -2.03. The maximum absolute atomic E-state index is 11.9. The zero-order valence-corrected chi connectivity index (χ0v) is 12.1. The van der Waals surface area contributed by atoms with E-state index in [0.29, 0.717) is 21.9 Å². The van der Waals surface area contributed by atoms with Gasteiger partial charge in [0.1, 0.15) is 0 Å². The highest BCUT2D eigenvalue weighted by Crippen LogP contribution is 2.10. The van der Waals surface area contributed by atoms with Gasteiger partial charge in [-0.2, -0.15) is 10.4 Å². The number of carbonyl (C=O) groups is 1. The van der Waals surface area contributed by atoms with Crippen LogP contribution in [0.4, 0.5) is 0 Å². The van der Waals surface area contributed by atoms with E-state index in [2.05, 4.69) is 10.5 Å². The van der Waals surface area contributed by atoms with Gasteiger partial charge in [0.05, 0.1) is 17.3 Å². The molecule has 0 saturated carbocycles. The Kier molecular flexibility index (Phi) is 4.70. The molecule has 4 nitrogen and oxygen atoms in total. The number of amides is 1. The van der Waals surface area contributed by atoms with Crippen LogP contribution in [0.15, 0.2) is 53.6 Å². The molecule has 0 fully saturated rings. The highest BCUT2D eigenvalue weighted by atomic mass is 35.5. The highest BCUT2D eigenvalue weighted by molar-refractivity contribution is 6.30. The van der Waals surface area contributed by atoms with Gasteiger partial charge in [0, 0.05) is 10.6 Å². The van der Waals surface area contributed by atoms with E-state index >= 15 is 0 Å². The lowest BCUT2D eigenvalue weighted by atomic mass is 10.1. The second kappa shape index (κ2) is 6.69. The van der Waals surface area contributed by atoms with E-state index in [1.807, 2.05) is 6.07 Å². The Morgan fingerprint density at radius 1 is 1.19 bits per heavy atom. The highest BCUT2D eigenvalue weighted by Gasteiger charge is 2.05. The fraction of sp³-hybridized carbons (Fsp3) is 0.0625. The van der Waals surface area contributed by atoms with Crippen LogP contribution in [0.2, 0.25) is 5.02 Å². The topological polar surface area (TPSA) is 65.2 Å². The van der Waals surface area contributed by atoms with Crippen molar-refractivity contribution in [3.05, 3.63) is 70.2 Å². The monoisotopic (exact) mass is 297 g/mol. The maximum atomic E-state index is 11.9. The lowest BCUT2D eigenvalue weighted by molar-refractivity contribution is 0.0955. The van der Waals surface area contributed by atoms with Crippen molar-refractivity contribution in [1.29, 1.82) is 5.26 Å². The predicted molar refractivity (Wildman–Crippen MR) is 82.3 cm³/mol. The van der Waals surface area contributed by atoms with Crippen molar-refractivity contribution in [2.24, 2.45) is 5.10 Å². The van der Waals surface area contributed by atoms with Crippen molar-refractivity contribution in [3.8, 4) is 6.07 Å². The van der Waals surface area contributed by atoms with E-state index in [4.69, 9.17) is 16.9 Å². The number of hydrazone groups is 1. The van der Waals surface area contributed by atoms with Crippen LogP contribution in [-0.4, -0.2) is 11.6 Å². The predicted octanol–water partition coefficient (Wildman–Crippen LogP) is 3.37. The number of rotatable bonds is 3. The minimum absolute atomic E-state index is 0.328. The standard InChI is InChI=1S/C16H12ClN3O/c1-11(13-7-5-12(10-18)6-8-13)19-20-16(21)14-3-2-4-15(17)9-14/h2-9H,1H3,(H,20,21)/b19-11+. The average molecular weight is 298 g/mol. The van der Waals surface area contributed by atoms with Crippen LogP contribution in [0, 0.1) is 11.3 Å². The quantitative estimate of drug-likeness (QED) is 0.697. The Balaban J connectivity index is 2.09. The van der Waals surface area contributed by atoms with E-state index in [0.717, 1.165) is 5.56 Å². The SMILES string of the molecule is C/C(=N\NC(=O)c1cccc(Cl)c1)c1ccc(C#N)cc1. The van der Waals surface area contributed by atoms with Crippen LogP contribution in [-0.2, 0) is 0 Å². The molecule has 0 aliphatic rings. The summed E-state index contributed by atoms with van der Waals surface area (Å²) in [5, 5.41) is 13.3. The first-order valence-corrected chi connectivity index (χ1v) is 6.58. The minimum atomic E-state index is -0.328. The van der Waals surface area contributed by atoms with Gasteiger partial charge in [0.2, 0.25) is 0 Å². The molecule has 1 amide bonds. The van der Waals surface area contributed by atoms with Crippen LogP contribution in [0.3, 0.4) is 0 Å². The smallest absolute Gasteiger partial charge is 0.267 e. The molecule has 104 valence electrons. The lowest BCUT2D eigenvalue weighted by Crippen LogP contribution is -2.19. The number of carbonyl (C=O) groups excluding carboxylic acids is 1. The Hall–Kier alpha value is -2.64. The van der Waals surface area contributed by atoms with E-state index in [1.54, 1.807) is 55.5 Å². The van der Waals surface area contributed by atoms with Gasteiger partial charge in [-0.1, -0.05) is 29.8 Å². The van der Waals surface area contributed by atoms with Gasteiger partial charge in [-0.05, 0) is 42.8 Å². The zero-order chi connectivity index (χ0) is 15.2. The molecule has 0 radical (unpaired) electrons. The molecule has 1 N–H and O–H groups in total. The molecule has 0 aromatic heterocycles. The third kappa shape index (κ3) is 3.91. The molecule has 2 aromatic carbocycles. The Labute approximate surface area is 127 Å². The van der Waals surface area contributed by atoms with Crippen molar-refractivity contribution < 1.29 is 4.79 Å². The number of halogens is 1. The molecule has 0 spiro atoms. The number of nitriles is 1. The van der Waals surface area contributed by atoms with Crippen LogP contribution < -0.4 is 5.43 Å². The summed E-state index contributed by atoms with van der Waals surface area (Å²) >= 11 is 5.83. The molecule has 0 heterocycles. The molecular formula is C16H12ClN3O. The number of nitrogens with zero attached hydrogens (tertiary/aromatic N) is 2. The molecule has 0 atom stereocenters. The number of hydrogen-bond donors (Lipinski definition) is 1. The number of benzene rings is 2. The summed E-state index contributed by atoms with van der Waals surface area (Å²) in [6.45, 7) is 1.78. The van der Waals surface area contributed by atoms with Crippen molar-refractivity contribution in [3.63, 3.8) is 0 Å². The van der Waals surface area contributed by atoms with Crippen molar-refractivity contribution >= 4 is 23.2 Å². The molecule has 0 bridgehead atoms. The van der Waals surface area contributed by atoms with E-state index in [9.17, 15) is 4.79 Å². The molecular weight excluding hydrogens is 286 g/mol. The first-order valence-electron chi connectivity index (χ1n) is 6.21. The van der Waals surface area contributed by atoms with Crippen molar-refractivity contribution in [2.75, 3.05) is 0 Å². The van der Waals surface area contributed by atoms with Gasteiger partial charge < -0.3 is 0 Å². The summed E-state index contributed by atoms with van der Waals surface area (Å²) < 4.78 is 0. The summed E-state index contributed by atoms with van der Waals surface area (Å²) in [7, 11) is 0. The summed E-state index contributed by atoms with van der Waals surface area (Å²) in [6, 6.07) is 15.6. The molecule has 0 unspecified atom stereocenters. The Morgan fingerprint density at radius 3 is 2.52 bits per heavy atom. The molecule has 0 aliphatic carbocycles. The van der Waals surface area contributed by atoms with E-state index in [-0.39, 0.29) is 5.91 Å². The van der Waals surface area contributed by atoms with Gasteiger partial charge in [-0.3, -0.25) is 4.79 Å². The van der Waals surface area contributed by atoms with Crippen LogP contribution in [0.25, 0.3) is 0 Å². The fourth-order valence-corrected chi connectivity index (χ4v) is 1.87. The van der Waals surface area contributed by atoms with Crippen molar-refractivity contribution in [2.45, 2.75) is 6.92 Å². The third-order valence-corrected chi connectivity index (χ3v) is 3.08. The second-order valence-electron chi connectivity index (χ2n) is 4.34. The zero-order valence-electron chi connectivity index (χ0n) is 11.3. The average Bonchev–Trinajstić information content (AvgIpc) is 2.52. The number of hydrogen-bond acceptors (Lipinski definition) is 3. The van der Waals surface area contributed by atoms with Gasteiger partial charge >= 0.3 is 0 Å². The Bertz CT molecular complexity index is 730. The number of nitrogens with one attached hydrogen (secondary N) is 1. The third-order valence-electron chi connectivity index (χ3n) is 2.84. The molecule has 2 rings (SSSR count). The van der Waals surface area contributed by atoms with Gasteiger partial charge in [-0.25, -0.2) is 5.43 Å². The Morgan fingerprint density at radius 2 is 1.90 bits per heavy atom. The van der Waals surface area contributed by atoms with Crippen LogP contribution in [0.1, 0.15) is 28.4 Å². The van der Waals surface area contributed by atoms with Gasteiger partial charge in [-0.15, -0.1) is 0 Å². The summed E-state index contributed by atoms with van der Waals surface area (Å²) in [6.07, 6.45) is 0. The maximum Gasteiger partial charge on any atom is 0.271 e. The summed E-state index contributed by atoms with van der Waals surface area (Å²) in [5.74, 6) is -0.328. The molecule has 0 aliphatic heterocycles.